The lowest BCUT2D eigenvalue weighted by molar-refractivity contribution is -0.133. The molecule has 0 unspecified atom stereocenters. The van der Waals surface area contributed by atoms with Crippen LogP contribution in [-0.2, 0) is 11.3 Å². The lowest BCUT2D eigenvalue weighted by atomic mass is 9.97. The van der Waals surface area contributed by atoms with Crippen molar-refractivity contribution in [2.45, 2.75) is 65.3 Å². The first-order valence-electron chi connectivity index (χ1n) is 7.95. The van der Waals surface area contributed by atoms with Crippen LogP contribution < -0.4 is 10.2 Å². The molecular formula is C18H30N2O. The van der Waals surface area contributed by atoms with Crippen LogP contribution in [-0.4, -0.2) is 30.3 Å². The van der Waals surface area contributed by atoms with E-state index in [1.165, 1.54) is 11.3 Å². The van der Waals surface area contributed by atoms with Crippen LogP contribution in [0.3, 0.4) is 0 Å². The molecule has 0 spiro atoms. The van der Waals surface area contributed by atoms with Gasteiger partial charge in [-0.05, 0) is 39.3 Å². The molecule has 0 bridgehead atoms. The average molecular weight is 290 g/mol. The fourth-order valence-corrected chi connectivity index (χ4v) is 3.24. The van der Waals surface area contributed by atoms with E-state index in [4.69, 9.17) is 4.74 Å². The SMILES string of the molecule is CC(C)NCc1ccccc1N1CC(C)(C)OC(C)(C)C1. The standard InChI is InChI=1S/C18H30N2O/c1-14(2)19-11-15-9-7-8-10-16(15)20-12-17(3,4)21-18(5,6)13-20/h7-10,14,19H,11-13H2,1-6H3. The van der Waals surface area contributed by atoms with Gasteiger partial charge in [0.05, 0.1) is 11.2 Å². The molecule has 0 saturated carbocycles. The summed E-state index contributed by atoms with van der Waals surface area (Å²) in [6.07, 6.45) is 0. The summed E-state index contributed by atoms with van der Waals surface area (Å²) in [4.78, 5) is 2.47. The molecule has 3 heteroatoms. The minimum absolute atomic E-state index is 0.125. The fraction of sp³-hybridized carbons (Fsp3) is 0.667. The molecule has 1 N–H and O–H groups in total. The van der Waals surface area contributed by atoms with Crippen molar-refractivity contribution in [1.29, 1.82) is 0 Å². The van der Waals surface area contributed by atoms with Crippen molar-refractivity contribution in [2.75, 3.05) is 18.0 Å². The van der Waals surface area contributed by atoms with Gasteiger partial charge in [-0.25, -0.2) is 0 Å². The highest BCUT2D eigenvalue weighted by Crippen LogP contribution is 2.32. The number of rotatable bonds is 4. The first kappa shape index (κ1) is 16.3. The number of anilines is 1. The third-order valence-electron chi connectivity index (χ3n) is 3.73. The van der Waals surface area contributed by atoms with E-state index in [0.29, 0.717) is 6.04 Å². The van der Waals surface area contributed by atoms with Gasteiger partial charge in [0.1, 0.15) is 0 Å². The van der Waals surface area contributed by atoms with E-state index in [2.05, 4.69) is 76.0 Å². The molecule has 1 aliphatic heterocycles. The molecule has 118 valence electrons. The zero-order chi connectivity index (χ0) is 15.7. The molecule has 1 heterocycles. The van der Waals surface area contributed by atoms with Gasteiger partial charge in [0.2, 0.25) is 0 Å². The van der Waals surface area contributed by atoms with Gasteiger partial charge in [-0.1, -0.05) is 32.0 Å². The van der Waals surface area contributed by atoms with Crippen LogP contribution >= 0.6 is 0 Å². The minimum atomic E-state index is -0.125. The molecule has 0 amide bonds. The van der Waals surface area contributed by atoms with Gasteiger partial charge in [-0.15, -0.1) is 0 Å². The summed E-state index contributed by atoms with van der Waals surface area (Å²) in [5, 5.41) is 3.52. The van der Waals surface area contributed by atoms with E-state index in [1.54, 1.807) is 0 Å². The van der Waals surface area contributed by atoms with Crippen molar-refractivity contribution >= 4 is 5.69 Å². The van der Waals surface area contributed by atoms with E-state index in [-0.39, 0.29) is 11.2 Å². The number of ether oxygens (including phenoxy) is 1. The maximum absolute atomic E-state index is 6.19. The highest BCUT2D eigenvalue weighted by molar-refractivity contribution is 5.54. The van der Waals surface area contributed by atoms with E-state index >= 15 is 0 Å². The predicted octanol–water partition coefficient (Wildman–Crippen LogP) is 3.58. The topological polar surface area (TPSA) is 24.5 Å². The van der Waals surface area contributed by atoms with Gasteiger partial charge in [-0.2, -0.15) is 0 Å². The number of nitrogens with one attached hydrogen (secondary N) is 1. The van der Waals surface area contributed by atoms with Crippen molar-refractivity contribution in [3.05, 3.63) is 29.8 Å². The van der Waals surface area contributed by atoms with Crippen LogP contribution in [0, 0.1) is 0 Å². The number of morpholine rings is 1. The highest BCUT2D eigenvalue weighted by atomic mass is 16.5. The molecule has 1 aromatic rings. The molecule has 1 fully saturated rings. The van der Waals surface area contributed by atoms with E-state index in [0.717, 1.165) is 19.6 Å². The van der Waals surface area contributed by atoms with Gasteiger partial charge >= 0.3 is 0 Å². The normalized spacial score (nSPS) is 20.8. The molecule has 2 rings (SSSR count). The van der Waals surface area contributed by atoms with Crippen molar-refractivity contribution in [3.8, 4) is 0 Å². The van der Waals surface area contributed by atoms with Crippen LogP contribution in [0.2, 0.25) is 0 Å². The summed E-state index contributed by atoms with van der Waals surface area (Å²) in [6.45, 7) is 15.8. The molecule has 1 saturated heterocycles. The summed E-state index contributed by atoms with van der Waals surface area (Å²) in [7, 11) is 0. The summed E-state index contributed by atoms with van der Waals surface area (Å²) >= 11 is 0. The monoisotopic (exact) mass is 290 g/mol. The largest absolute Gasteiger partial charge is 0.366 e. The molecule has 0 radical (unpaired) electrons. The molecule has 0 atom stereocenters. The second-order valence-corrected chi connectivity index (χ2v) is 7.64. The summed E-state index contributed by atoms with van der Waals surface area (Å²) in [5.74, 6) is 0. The van der Waals surface area contributed by atoms with Crippen LogP contribution in [0.15, 0.2) is 24.3 Å². The summed E-state index contributed by atoms with van der Waals surface area (Å²) in [5.41, 5.74) is 2.44. The fourth-order valence-electron chi connectivity index (χ4n) is 3.24. The molecule has 21 heavy (non-hydrogen) atoms. The number of nitrogens with zero attached hydrogens (tertiary/aromatic N) is 1. The van der Waals surface area contributed by atoms with Crippen LogP contribution in [0.4, 0.5) is 5.69 Å². The smallest absolute Gasteiger partial charge is 0.0808 e. The maximum Gasteiger partial charge on any atom is 0.0808 e. The Kier molecular flexibility index (Phi) is 4.64. The Morgan fingerprint density at radius 2 is 1.67 bits per heavy atom. The molecule has 3 nitrogen and oxygen atoms in total. The minimum Gasteiger partial charge on any atom is -0.366 e. The van der Waals surface area contributed by atoms with Crippen molar-refractivity contribution in [2.24, 2.45) is 0 Å². The van der Waals surface area contributed by atoms with Crippen LogP contribution in [0.1, 0.15) is 47.1 Å². The molecule has 1 aliphatic rings. The van der Waals surface area contributed by atoms with Crippen molar-refractivity contribution < 1.29 is 4.74 Å². The Labute approximate surface area is 129 Å². The second-order valence-electron chi connectivity index (χ2n) is 7.64. The van der Waals surface area contributed by atoms with Gasteiger partial charge in [0, 0.05) is 31.4 Å². The Morgan fingerprint density at radius 1 is 1.10 bits per heavy atom. The average Bonchev–Trinajstić information content (AvgIpc) is 2.33. The molecule has 0 aromatic heterocycles. The van der Waals surface area contributed by atoms with Gasteiger partial charge < -0.3 is 15.0 Å². The Bertz CT molecular complexity index is 464. The number of benzene rings is 1. The predicted molar refractivity (Wildman–Crippen MR) is 89.9 cm³/mol. The zero-order valence-corrected chi connectivity index (χ0v) is 14.4. The maximum atomic E-state index is 6.19. The first-order valence-corrected chi connectivity index (χ1v) is 7.95. The quantitative estimate of drug-likeness (QED) is 0.917. The Balaban J connectivity index is 2.24. The van der Waals surface area contributed by atoms with E-state index < -0.39 is 0 Å². The highest BCUT2D eigenvalue weighted by Gasteiger charge is 2.38. The third kappa shape index (κ3) is 4.45. The van der Waals surface area contributed by atoms with Crippen molar-refractivity contribution in [3.63, 3.8) is 0 Å². The van der Waals surface area contributed by atoms with Crippen LogP contribution in [0.5, 0.6) is 0 Å². The van der Waals surface area contributed by atoms with Gasteiger partial charge in [0.15, 0.2) is 0 Å². The lowest BCUT2D eigenvalue weighted by Crippen LogP contribution is -2.57. The summed E-state index contributed by atoms with van der Waals surface area (Å²) < 4.78 is 6.19. The zero-order valence-electron chi connectivity index (χ0n) is 14.4. The van der Waals surface area contributed by atoms with Gasteiger partial charge in [-0.3, -0.25) is 0 Å². The molecule has 1 aromatic carbocycles. The Morgan fingerprint density at radius 3 is 2.24 bits per heavy atom. The van der Waals surface area contributed by atoms with Crippen LogP contribution in [0.25, 0.3) is 0 Å². The first-order chi connectivity index (χ1) is 9.69. The molecule has 0 aliphatic carbocycles. The third-order valence-corrected chi connectivity index (χ3v) is 3.73. The number of hydrogen-bond donors (Lipinski definition) is 1. The van der Waals surface area contributed by atoms with Gasteiger partial charge in [0.25, 0.3) is 0 Å². The van der Waals surface area contributed by atoms with E-state index in [9.17, 15) is 0 Å². The second kappa shape index (κ2) is 5.98. The van der Waals surface area contributed by atoms with Crippen molar-refractivity contribution in [1.82, 2.24) is 5.32 Å². The number of para-hydroxylation sites is 1. The molecular weight excluding hydrogens is 260 g/mol. The lowest BCUT2D eigenvalue weighted by Gasteiger charge is -2.48. The summed E-state index contributed by atoms with van der Waals surface area (Å²) in [6, 6.07) is 9.20. The number of hydrogen-bond acceptors (Lipinski definition) is 3. The van der Waals surface area contributed by atoms with E-state index in [1.807, 2.05) is 0 Å². The Hall–Kier alpha value is -1.06.